The third-order valence-corrected chi connectivity index (χ3v) is 7.13. The number of hydrogen-bond donors (Lipinski definition) is 0. The van der Waals surface area contributed by atoms with Crippen LogP contribution >= 0.6 is 35.0 Å². The summed E-state index contributed by atoms with van der Waals surface area (Å²) in [6.07, 6.45) is 3.41. The van der Waals surface area contributed by atoms with E-state index in [1.807, 2.05) is 54.6 Å². The Labute approximate surface area is 211 Å². The Kier molecular flexibility index (Phi) is 6.33. The molecule has 3 aromatic carbocycles. The molecule has 0 N–H and O–H groups in total. The zero-order valence-corrected chi connectivity index (χ0v) is 20.2. The van der Waals surface area contributed by atoms with Crippen LogP contribution in [0.4, 0.5) is 5.69 Å². The third kappa shape index (κ3) is 4.30. The standard InChI is InChI=1S/C27H18Cl2N2O2S/c1-2-15-31-26(32)24(16-18-13-14-23(33-18)20-10-6-11-21(28)25(20)29)34-27(31)30-22-12-5-8-17-7-3-4-9-19(17)22/h2-14,16H,1,15H2/b24-16-,30-27?. The van der Waals surface area contributed by atoms with Gasteiger partial charge in [-0.25, -0.2) is 4.99 Å². The first-order valence-corrected chi connectivity index (χ1v) is 12.1. The van der Waals surface area contributed by atoms with Crippen molar-refractivity contribution in [2.24, 2.45) is 4.99 Å². The van der Waals surface area contributed by atoms with Crippen LogP contribution < -0.4 is 0 Å². The van der Waals surface area contributed by atoms with Gasteiger partial charge in [0.05, 0.1) is 20.6 Å². The van der Waals surface area contributed by atoms with Crippen LogP contribution in [0.2, 0.25) is 10.0 Å². The summed E-state index contributed by atoms with van der Waals surface area (Å²) in [7, 11) is 0. The van der Waals surface area contributed by atoms with E-state index in [1.165, 1.54) is 11.8 Å². The number of thioether (sulfide) groups is 1. The summed E-state index contributed by atoms with van der Waals surface area (Å²) in [6.45, 7) is 4.15. The SMILES string of the molecule is C=CCN1C(=O)/C(=C/c2ccc(-c3cccc(Cl)c3Cl)o2)SC1=Nc1cccc2ccccc12. The second kappa shape index (κ2) is 9.55. The van der Waals surface area contributed by atoms with E-state index in [4.69, 9.17) is 32.6 Å². The molecule has 0 unspecified atom stereocenters. The van der Waals surface area contributed by atoms with Crippen LogP contribution in [-0.4, -0.2) is 22.5 Å². The van der Waals surface area contributed by atoms with Gasteiger partial charge in [0, 0.05) is 23.6 Å². The highest BCUT2D eigenvalue weighted by Gasteiger charge is 2.33. The van der Waals surface area contributed by atoms with E-state index in [-0.39, 0.29) is 5.91 Å². The highest BCUT2D eigenvalue weighted by molar-refractivity contribution is 8.18. The molecule has 0 atom stereocenters. The number of carbonyl (C=O) groups excluding carboxylic acids is 1. The van der Waals surface area contributed by atoms with E-state index in [2.05, 4.69) is 6.58 Å². The zero-order valence-electron chi connectivity index (χ0n) is 17.9. The van der Waals surface area contributed by atoms with Gasteiger partial charge in [0.25, 0.3) is 5.91 Å². The van der Waals surface area contributed by atoms with Crippen molar-refractivity contribution in [3.63, 3.8) is 0 Å². The normalized spacial score (nSPS) is 16.2. The largest absolute Gasteiger partial charge is 0.457 e. The minimum absolute atomic E-state index is 0.150. The van der Waals surface area contributed by atoms with Crippen molar-refractivity contribution in [2.75, 3.05) is 6.54 Å². The minimum Gasteiger partial charge on any atom is -0.457 e. The second-order valence-electron chi connectivity index (χ2n) is 7.51. The van der Waals surface area contributed by atoms with Gasteiger partial charge in [0.2, 0.25) is 0 Å². The van der Waals surface area contributed by atoms with Crippen molar-refractivity contribution in [1.29, 1.82) is 0 Å². The van der Waals surface area contributed by atoms with Gasteiger partial charge in [-0.15, -0.1) is 6.58 Å². The highest BCUT2D eigenvalue weighted by Crippen LogP contribution is 2.38. The molecule has 0 spiro atoms. The molecule has 2 heterocycles. The van der Waals surface area contributed by atoms with Gasteiger partial charge < -0.3 is 4.42 Å². The van der Waals surface area contributed by atoms with Gasteiger partial charge >= 0.3 is 0 Å². The van der Waals surface area contributed by atoms with Gasteiger partial charge in [0.1, 0.15) is 11.5 Å². The van der Waals surface area contributed by atoms with E-state index < -0.39 is 0 Å². The summed E-state index contributed by atoms with van der Waals surface area (Å²) < 4.78 is 5.96. The fraction of sp³-hybridized carbons (Fsp3) is 0.0370. The quantitative estimate of drug-likeness (QED) is 0.203. The molecule has 0 aliphatic carbocycles. The molecule has 0 radical (unpaired) electrons. The van der Waals surface area contributed by atoms with E-state index >= 15 is 0 Å². The Balaban J connectivity index is 1.50. The summed E-state index contributed by atoms with van der Waals surface area (Å²) in [5.74, 6) is 0.955. The number of benzene rings is 3. The lowest BCUT2D eigenvalue weighted by molar-refractivity contribution is -0.121. The van der Waals surface area contributed by atoms with Crippen LogP contribution in [0.3, 0.4) is 0 Å². The van der Waals surface area contributed by atoms with Gasteiger partial charge in [-0.2, -0.15) is 0 Å². The number of halogens is 2. The first-order valence-electron chi connectivity index (χ1n) is 10.5. The summed E-state index contributed by atoms with van der Waals surface area (Å²) in [5.41, 5.74) is 1.50. The summed E-state index contributed by atoms with van der Waals surface area (Å²) in [5, 5.41) is 3.58. The number of nitrogens with zero attached hydrogens (tertiary/aromatic N) is 2. The highest BCUT2D eigenvalue weighted by atomic mass is 35.5. The maximum Gasteiger partial charge on any atom is 0.267 e. The predicted octanol–water partition coefficient (Wildman–Crippen LogP) is 8.20. The van der Waals surface area contributed by atoms with E-state index in [1.54, 1.807) is 35.3 Å². The van der Waals surface area contributed by atoms with E-state index in [0.29, 0.717) is 43.7 Å². The van der Waals surface area contributed by atoms with Crippen LogP contribution in [-0.2, 0) is 4.79 Å². The summed E-state index contributed by atoms with van der Waals surface area (Å²) in [4.78, 5) is 20.1. The maximum absolute atomic E-state index is 13.2. The molecule has 168 valence electrons. The summed E-state index contributed by atoms with van der Waals surface area (Å²) in [6, 6.07) is 23.0. The van der Waals surface area contributed by atoms with Crippen LogP contribution in [0.5, 0.6) is 0 Å². The van der Waals surface area contributed by atoms with Gasteiger partial charge in [-0.05, 0) is 47.5 Å². The molecule has 4 nitrogen and oxygen atoms in total. The predicted molar refractivity (Wildman–Crippen MR) is 143 cm³/mol. The van der Waals surface area contributed by atoms with Crippen LogP contribution in [0.15, 0.2) is 99.8 Å². The van der Waals surface area contributed by atoms with Crippen molar-refractivity contribution in [3.8, 4) is 11.3 Å². The Bertz CT molecular complexity index is 1480. The fourth-order valence-corrected chi connectivity index (χ4v) is 5.06. The van der Waals surface area contributed by atoms with Gasteiger partial charge in [0.15, 0.2) is 5.17 Å². The number of rotatable bonds is 5. The number of carbonyl (C=O) groups is 1. The molecule has 7 heteroatoms. The molecule has 5 rings (SSSR count). The Morgan fingerprint density at radius 1 is 1.00 bits per heavy atom. The van der Waals surface area contributed by atoms with E-state index in [9.17, 15) is 4.79 Å². The van der Waals surface area contributed by atoms with Crippen LogP contribution in [0.25, 0.3) is 28.2 Å². The molecule has 1 aliphatic heterocycles. The molecule has 1 fully saturated rings. The number of amidine groups is 1. The average Bonchev–Trinajstić information content (AvgIpc) is 3.42. The lowest BCUT2D eigenvalue weighted by Crippen LogP contribution is -2.29. The topological polar surface area (TPSA) is 45.8 Å². The molecule has 1 aromatic heterocycles. The molecule has 34 heavy (non-hydrogen) atoms. The van der Waals surface area contributed by atoms with Crippen molar-refractivity contribution >= 4 is 68.6 Å². The zero-order chi connectivity index (χ0) is 23.7. The molecular weight excluding hydrogens is 487 g/mol. The number of hydrogen-bond acceptors (Lipinski definition) is 4. The molecule has 4 aromatic rings. The van der Waals surface area contributed by atoms with Crippen molar-refractivity contribution in [1.82, 2.24) is 4.90 Å². The van der Waals surface area contributed by atoms with Crippen molar-refractivity contribution < 1.29 is 9.21 Å². The fourth-order valence-electron chi connectivity index (χ4n) is 3.69. The lowest BCUT2D eigenvalue weighted by Gasteiger charge is -2.13. The third-order valence-electron chi connectivity index (χ3n) is 5.30. The van der Waals surface area contributed by atoms with Crippen LogP contribution in [0.1, 0.15) is 5.76 Å². The number of aliphatic imine (C=N–C) groups is 1. The molecule has 0 bridgehead atoms. The Morgan fingerprint density at radius 3 is 2.65 bits per heavy atom. The number of amides is 1. The van der Waals surface area contributed by atoms with Crippen LogP contribution in [0, 0.1) is 0 Å². The number of fused-ring (bicyclic) bond motifs is 1. The van der Waals surface area contributed by atoms with Gasteiger partial charge in [-0.3, -0.25) is 9.69 Å². The molecule has 1 aliphatic rings. The lowest BCUT2D eigenvalue weighted by atomic mass is 10.1. The average molecular weight is 505 g/mol. The summed E-state index contributed by atoms with van der Waals surface area (Å²) >= 11 is 13.8. The monoisotopic (exact) mass is 504 g/mol. The van der Waals surface area contributed by atoms with Crippen molar-refractivity contribution in [2.45, 2.75) is 0 Å². The minimum atomic E-state index is -0.150. The first-order chi connectivity index (χ1) is 16.5. The van der Waals surface area contributed by atoms with Crippen molar-refractivity contribution in [3.05, 3.63) is 106 Å². The first kappa shape index (κ1) is 22.5. The smallest absolute Gasteiger partial charge is 0.267 e. The second-order valence-corrected chi connectivity index (χ2v) is 9.31. The number of furan rings is 1. The molecule has 1 amide bonds. The van der Waals surface area contributed by atoms with Gasteiger partial charge in [-0.1, -0.05) is 71.7 Å². The Morgan fingerprint density at radius 2 is 1.79 bits per heavy atom. The maximum atomic E-state index is 13.2. The molecular formula is C27H18Cl2N2O2S. The molecule has 1 saturated heterocycles. The molecule has 0 saturated carbocycles. The van der Waals surface area contributed by atoms with E-state index in [0.717, 1.165) is 16.5 Å². The Hall–Kier alpha value is -3.25.